The third-order valence-corrected chi connectivity index (χ3v) is 3.89. The highest BCUT2D eigenvalue weighted by molar-refractivity contribution is 5.95. The van der Waals surface area contributed by atoms with Crippen LogP contribution >= 0.6 is 0 Å². The van der Waals surface area contributed by atoms with E-state index in [0.717, 1.165) is 18.5 Å². The Morgan fingerprint density at radius 1 is 1.35 bits per heavy atom. The standard InChI is InChI=1S/C15H15FN2O2/c16-11-7-3-6-10(15(19)20)14(11)13-8-12(17-18-13)9-4-1-2-5-9/h3,6-9H,1-2,4-5H2,(H,17,18)(H,19,20). The number of aromatic carboxylic acids is 1. The average molecular weight is 274 g/mol. The topological polar surface area (TPSA) is 66.0 Å². The molecule has 0 radical (unpaired) electrons. The van der Waals surface area contributed by atoms with Crippen LogP contribution in [0, 0.1) is 5.82 Å². The fraction of sp³-hybridized carbons (Fsp3) is 0.333. The third-order valence-electron chi connectivity index (χ3n) is 3.89. The lowest BCUT2D eigenvalue weighted by atomic mass is 10.0. The summed E-state index contributed by atoms with van der Waals surface area (Å²) in [6, 6.07) is 5.82. The Morgan fingerprint density at radius 3 is 2.80 bits per heavy atom. The second-order valence-corrected chi connectivity index (χ2v) is 5.16. The number of carbonyl (C=O) groups is 1. The van der Waals surface area contributed by atoms with Crippen molar-refractivity contribution in [2.24, 2.45) is 0 Å². The Morgan fingerprint density at radius 2 is 2.10 bits per heavy atom. The van der Waals surface area contributed by atoms with Crippen LogP contribution in [-0.4, -0.2) is 21.3 Å². The largest absolute Gasteiger partial charge is 0.478 e. The lowest BCUT2D eigenvalue weighted by Crippen LogP contribution is -2.01. The maximum Gasteiger partial charge on any atom is 0.336 e. The summed E-state index contributed by atoms with van der Waals surface area (Å²) in [5.74, 6) is -1.28. The van der Waals surface area contributed by atoms with E-state index in [1.54, 1.807) is 6.07 Å². The normalized spacial score (nSPS) is 15.7. The van der Waals surface area contributed by atoms with E-state index >= 15 is 0 Å². The Kier molecular flexibility index (Phi) is 3.26. The highest BCUT2D eigenvalue weighted by Gasteiger charge is 2.22. The molecule has 1 heterocycles. The molecule has 104 valence electrons. The SMILES string of the molecule is O=C(O)c1cccc(F)c1-c1cc(C2CCCC2)[nH]n1. The van der Waals surface area contributed by atoms with Crippen molar-refractivity contribution in [1.29, 1.82) is 0 Å². The molecule has 0 bridgehead atoms. The smallest absolute Gasteiger partial charge is 0.336 e. The summed E-state index contributed by atoms with van der Waals surface area (Å²) in [6.45, 7) is 0. The van der Waals surface area contributed by atoms with Crippen molar-refractivity contribution in [2.45, 2.75) is 31.6 Å². The maximum atomic E-state index is 14.0. The van der Waals surface area contributed by atoms with Gasteiger partial charge >= 0.3 is 5.97 Å². The minimum absolute atomic E-state index is 0.0560. The van der Waals surface area contributed by atoms with Crippen molar-refractivity contribution in [3.63, 3.8) is 0 Å². The zero-order valence-corrected chi connectivity index (χ0v) is 10.9. The molecule has 2 aromatic rings. The van der Waals surface area contributed by atoms with E-state index in [2.05, 4.69) is 10.2 Å². The van der Waals surface area contributed by atoms with E-state index in [4.69, 9.17) is 5.11 Å². The number of H-pyrrole nitrogens is 1. The van der Waals surface area contributed by atoms with Gasteiger partial charge in [0.15, 0.2) is 0 Å². The molecule has 1 aliphatic carbocycles. The molecule has 0 spiro atoms. The first-order chi connectivity index (χ1) is 9.66. The first kappa shape index (κ1) is 12.8. The maximum absolute atomic E-state index is 14.0. The molecule has 0 aliphatic heterocycles. The molecule has 1 saturated carbocycles. The number of rotatable bonds is 3. The van der Waals surface area contributed by atoms with Crippen molar-refractivity contribution in [3.05, 3.63) is 41.3 Å². The molecule has 0 amide bonds. The van der Waals surface area contributed by atoms with Crippen LogP contribution in [0.3, 0.4) is 0 Å². The van der Waals surface area contributed by atoms with Crippen molar-refractivity contribution in [1.82, 2.24) is 10.2 Å². The van der Waals surface area contributed by atoms with Gasteiger partial charge in [0.2, 0.25) is 0 Å². The molecule has 1 aliphatic rings. The van der Waals surface area contributed by atoms with Gasteiger partial charge in [0, 0.05) is 11.6 Å². The predicted octanol–water partition coefficient (Wildman–Crippen LogP) is 3.57. The van der Waals surface area contributed by atoms with Crippen LogP contribution in [0.25, 0.3) is 11.3 Å². The van der Waals surface area contributed by atoms with E-state index in [1.165, 1.54) is 31.0 Å². The first-order valence-electron chi connectivity index (χ1n) is 6.74. The summed E-state index contributed by atoms with van der Waals surface area (Å²) < 4.78 is 14.0. The fourth-order valence-corrected chi connectivity index (χ4v) is 2.87. The summed E-state index contributed by atoms with van der Waals surface area (Å²) in [6.07, 6.45) is 4.59. The average Bonchev–Trinajstić information content (AvgIpc) is 3.09. The van der Waals surface area contributed by atoms with E-state index in [-0.39, 0.29) is 11.1 Å². The first-order valence-corrected chi connectivity index (χ1v) is 6.74. The molecule has 4 nitrogen and oxygen atoms in total. The predicted molar refractivity (Wildman–Crippen MR) is 72.2 cm³/mol. The summed E-state index contributed by atoms with van der Waals surface area (Å²) in [7, 11) is 0. The molecule has 5 heteroatoms. The number of carboxylic acids is 1. The summed E-state index contributed by atoms with van der Waals surface area (Å²) in [4.78, 5) is 11.2. The van der Waals surface area contributed by atoms with Crippen LogP contribution in [0.5, 0.6) is 0 Å². The Hall–Kier alpha value is -2.17. The number of aromatic amines is 1. The van der Waals surface area contributed by atoms with Crippen LogP contribution in [0.4, 0.5) is 4.39 Å². The van der Waals surface area contributed by atoms with E-state index < -0.39 is 11.8 Å². The van der Waals surface area contributed by atoms with Gasteiger partial charge in [0.1, 0.15) is 5.82 Å². The Bertz CT molecular complexity index is 645. The number of benzene rings is 1. The van der Waals surface area contributed by atoms with E-state index in [9.17, 15) is 9.18 Å². The molecule has 0 saturated heterocycles. The van der Waals surface area contributed by atoms with Crippen LogP contribution in [0.1, 0.15) is 47.7 Å². The molecule has 1 aromatic carbocycles. The van der Waals surface area contributed by atoms with Crippen molar-refractivity contribution in [3.8, 4) is 11.3 Å². The van der Waals surface area contributed by atoms with Crippen molar-refractivity contribution in [2.75, 3.05) is 0 Å². The fourth-order valence-electron chi connectivity index (χ4n) is 2.87. The third kappa shape index (κ3) is 2.19. The number of hydrogen-bond acceptors (Lipinski definition) is 2. The van der Waals surface area contributed by atoms with Gasteiger partial charge in [-0.15, -0.1) is 0 Å². The van der Waals surface area contributed by atoms with Crippen molar-refractivity contribution >= 4 is 5.97 Å². The van der Waals surface area contributed by atoms with Crippen LogP contribution < -0.4 is 0 Å². The van der Waals surface area contributed by atoms with Crippen molar-refractivity contribution < 1.29 is 14.3 Å². The number of hydrogen-bond donors (Lipinski definition) is 2. The molecular weight excluding hydrogens is 259 g/mol. The van der Waals surface area contributed by atoms with Gasteiger partial charge in [0.05, 0.1) is 16.8 Å². The van der Waals surface area contributed by atoms with E-state index in [1.807, 2.05) is 0 Å². The van der Waals surface area contributed by atoms with Gasteiger partial charge in [-0.25, -0.2) is 9.18 Å². The Labute approximate surface area is 115 Å². The van der Waals surface area contributed by atoms with Crippen LogP contribution in [0.15, 0.2) is 24.3 Å². The molecule has 20 heavy (non-hydrogen) atoms. The summed E-state index contributed by atoms with van der Waals surface area (Å²) in [5.41, 5.74) is 1.33. The zero-order valence-electron chi connectivity index (χ0n) is 10.9. The molecule has 1 aromatic heterocycles. The lowest BCUT2D eigenvalue weighted by molar-refractivity contribution is 0.0697. The van der Waals surface area contributed by atoms with E-state index in [0.29, 0.717) is 11.6 Å². The highest BCUT2D eigenvalue weighted by Crippen LogP contribution is 2.35. The second-order valence-electron chi connectivity index (χ2n) is 5.16. The number of carboxylic acid groups (broad SMARTS) is 1. The van der Waals surface area contributed by atoms with Gasteiger partial charge in [0.25, 0.3) is 0 Å². The minimum Gasteiger partial charge on any atom is -0.478 e. The molecule has 0 unspecified atom stereocenters. The minimum atomic E-state index is -1.15. The molecular formula is C15H15FN2O2. The highest BCUT2D eigenvalue weighted by atomic mass is 19.1. The second kappa shape index (κ2) is 5.07. The molecule has 3 rings (SSSR count). The number of halogens is 1. The van der Waals surface area contributed by atoms with Gasteiger partial charge in [-0.3, -0.25) is 5.10 Å². The Balaban J connectivity index is 2.03. The number of aromatic nitrogens is 2. The summed E-state index contributed by atoms with van der Waals surface area (Å²) >= 11 is 0. The quantitative estimate of drug-likeness (QED) is 0.899. The van der Waals surface area contributed by atoms with Gasteiger partial charge in [-0.2, -0.15) is 5.10 Å². The van der Waals surface area contributed by atoms with Crippen LogP contribution in [0.2, 0.25) is 0 Å². The zero-order chi connectivity index (χ0) is 14.1. The van der Waals surface area contributed by atoms with Gasteiger partial charge < -0.3 is 5.11 Å². The molecule has 1 fully saturated rings. The van der Waals surface area contributed by atoms with Gasteiger partial charge in [-0.1, -0.05) is 18.9 Å². The number of nitrogens with one attached hydrogen (secondary N) is 1. The molecule has 2 N–H and O–H groups in total. The monoisotopic (exact) mass is 274 g/mol. The van der Waals surface area contributed by atoms with Crippen LogP contribution in [-0.2, 0) is 0 Å². The van der Waals surface area contributed by atoms with Gasteiger partial charge in [-0.05, 0) is 31.0 Å². The number of nitrogens with zero attached hydrogens (tertiary/aromatic N) is 1. The lowest BCUT2D eigenvalue weighted by Gasteiger charge is -2.05. The summed E-state index contributed by atoms with van der Waals surface area (Å²) in [5, 5.41) is 16.2. The molecule has 0 atom stereocenters.